The molecule has 0 saturated carbocycles. The first kappa shape index (κ1) is 27.7. The van der Waals surface area contributed by atoms with Crippen LogP contribution in [0.3, 0.4) is 0 Å². The van der Waals surface area contributed by atoms with E-state index in [0.29, 0.717) is 12.2 Å². The summed E-state index contributed by atoms with van der Waals surface area (Å²) in [7, 11) is -3.22. The van der Waals surface area contributed by atoms with Crippen LogP contribution in [0.2, 0.25) is 38.3 Å². The van der Waals surface area contributed by atoms with Gasteiger partial charge in [0.1, 0.15) is 12.7 Å². The second-order valence-electron chi connectivity index (χ2n) is 7.94. The zero-order chi connectivity index (χ0) is 19.5. The lowest BCUT2D eigenvalue weighted by atomic mass is 10.3. The molecule has 1 unspecified atom stereocenters. The van der Waals surface area contributed by atoms with Gasteiger partial charge >= 0.3 is 5.97 Å². The Balaban J connectivity index is 0. The summed E-state index contributed by atoms with van der Waals surface area (Å²) in [6.45, 7) is 17.2. The van der Waals surface area contributed by atoms with Crippen molar-refractivity contribution in [3.63, 3.8) is 0 Å². The van der Waals surface area contributed by atoms with Crippen molar-refractivity contribution >= 4 is 22.6 Å². The lowest BCUT2D eigenvalue weighted by Crippen LogP contribution is -2.44. The number of ether oxygens (including phenoxy) is 2. The molecule has 1 atom stereocenters. The normalized spacial score (nSPS) is 13.0. The third kappa shape index (κ3) is 14.7. The minimum Gasteiger partial charge on any atom is -0.460 e. The molecule has 0 bridgehead atoms. The molecule has 0 aliphatic rings. The van der Waals surface area contributed by atoms with E-state index in [2.05, 4.69) is 39.7 Å². The van der Waals surface area contributed by atoms with Crippen molar-refractivity contribution < 1.29 is 23.5 Å². The molecule has 0 aliphatic heterocycles. The Kier molecular flexibility index (Phi) is 14.6. The summed E-state index contributed by atoms with van der Waals surface area (Å²) in [4.78, 5) is 11.2. The van der Waals surface area contributed by atoms with Gasteiger partial charge < -0.3 is 18.7 Å². The molecular weight excluding hydrogens is 364 g/mol. The van der Waals surface area contributed by atoms with Crippen LogP contribution in [0.25, 0.3) is 0 Å². The predicted octanol–water partition coefficient (Wildman–Crippen LogP) is 4.74. The highest BCUT2D eigenvalue weighted by Crippen LogP contribution is 2.24. The van der Waals surface area contributed by atoms with Gasteiger partial charge in [0, 0.05) is 12.2 Å². The number of esters is 1. The SMILES string of the molecule is C.C=C(C)C(=O)OCC(O)COCCC[Si](C)(C)O[Si](C)(C)CCCC. The smallest absolute Gasteiger partial charge is 0.333 e. The maximum absolute atomic E-state index is 11.2. The van der Waals surface area contributed by atoms with Gasteiger partial charge in [-0.1, -0.05) is 33.8 Å². The third-order valence-corrected chi connectivity index (χ3v) is 11.4. The number of aliphatic hydroxyl groups excluding tert-OH is 1. The molecule has 5 nitrogen and oxygen atoms in total. The first-order valence-corrected chi connectivity index (χ1v) is 15.5. The number of aliphatic hydroxyl groups is 1. The van der Waals surface area contributed by atoms with E-state index in [1.54, 1.807) is 6.92 Å². The number of hydrogen-bond donors (Lipinski definition) is 1. The molecular formula is C19H42O5Si2. The number of carbonyl (C=O) groups is 1. The topological polar surface area (TPSA) is 65.0 Å². The monoisotopic (exact) mass is 406 g/mol. The van der Waals surface area contributed by atoms with E-state index < -0.39 is 28.7 Å². The zero-order valence-corrected chi connectivity index (χ0v) is 19.0. The summed E-state index contributed by atoms with van der Waals surface area (Å²) < 4.78 is 16.9. The van der Waals surface area contributed by atoms with Gasteiger partial charge in [0.25, 0.3) is 0 Å². The zero-order valence-electron chi connectivity index (χ0n) is 17.0. The fourth-order valence-electron chi connectivity index (χ4n) is 2.62. The molecule has 0 spiro atoms. The number of carbonyl (C=O) groups excluding carboxylic acids is 1. The second kappa shape index (κ2) is 13.7. The Morgan fingerprint density at radius 1 is 1.08 bits per heavy atom. The lowest BCUT2D eigenvalue weighted by molar-refractivity contribution is -0.143. The van der Waals surface area contributed by atoms with Gasteiger partial charge in [0.2, 0.25) is 0 Å². The van der Waals surface area contributed by atoms with Crippen LogP contribution < -0.4 is 0 Å². The molecule has 0 aromatic heterocycles. The maximum Gasteiger partial charge on any atom is 0.333 e. The van der Waals surface area contributed by atoms with E-state index in [-0.39, 0.29) is 20.6 Å². The Hall–Kier alpha value is -0.476. The van der Waals surface area contributed by atoms with Gasteiger partial charge in [-0.15, -0.1) is 0 Å². The highest BCUT2D eigenvalue weighted by atomic mass is 28.4. The average molecular weight is 407 g/mol. The first-order valence-electron chi connectivity index (χ1n) is 9.27. The molecule has 0 aromatic carbocycles. The van der Waals surface area contributed by atoms with Crippen LogP contribution in [0.5, 0.6) is 0 Å². The van der Waals surface area contributed by atoms with Crippen LogP contribution in [0.15, 0.2) is 12.2 Å². The van der Waals surface area contributed by atoms with Crippen molar-refractivity contribution in [3.8, 4) is 0 Å². The Labute approximate surface area is 163 Å². The van der Waals surface area contributed by atoms with Gasteiger partial charge in [-0.3, -0.25) is 0 Å². The van der Waals surface area contributed by atoms with E-state index in [4.69, 9.17) is 13.6 Å². The summed E-state index contributed by atoms with van der Waals surface area (Å²) in [6, 6.07) is 2.28. The highest BCUT2D eigenvalue weighted by molar-refractivity contribution is 6.84. The average Bonchev–Trinajstić information content (AvgIpc) is 2.48. The van der Waals surface area contributed by atoms with Crippen LogP contribution >= 0.6 is 0 Å². The van der Waals surface area contributed by atoms with Crippen LogP contribution in [-0.2, 0) is 18.4 Å². The molecule has 0 rings (SSSR count). The largest absolute Gasteiger partial charge is 0.460 e. The molecule has 0 heterocycles. The Morgan fingerprint density at radius 3 is 2.12 bits per heavy atom. The summed E-state index contributed by atoms with van der Waals surface area (Å²) in [5.74, 6) is -0.487. The summed E-state index contributed by atoms with van der Waals surface area (Å²) in [5, 5.41) is 9.73. The molecule has 0 aliphatic carbocycles. The molecule has 0 fully saturated rings. The van der Waals surface area contributed by atoms with Gasteiger partial charge in [-0.25, -0.2) is 4.79 Å². The van der Waals surface area contributed by atoms with Crippen molar-refractivity contribution in [2.45, 2.75) is 84.9 Å². The third-order valence-electron chi connectivity index (χ3n) is 3.82. The maximum atomic E-state index is 11.2. The number of unbranched alkanes of at least 4 members (excludes halogenated alkanes) is 1. The fraction of sp³-hybridized carbons (Fsp3) is 0.842. The summed E-state index contributed by atoms with van der Waals surface area (Å²) >= 11 is 0. The molecule has 0 saturated heterocycles. The van der Waals surface area contributed by atoms with Crippen LogP contribution in [0, 0.1) is 0 Å². The van der Waals surface area contributed by atoms with Crippen molar-refractivity contribution in [1.82, 2.24) is 0 Å². The van der Waals surface area contributed by atoms with Crippen LogP contribution in [0.4, 0.5) is 0 Å². The highest BCUT2D eigenvalue weighted by Gasteiger charge is 2.32. The van der Waals surface area contributed by atoms with E-state index in [0.717, 1.165) is 12.5 Å². The van der Waals surface area contributed by atoms with Crippen LogP contribution in [0.1, 0.15) is 40.5 Å². The van der Waals surface area contributed by atoms with Gasteiger partial charge in [0.15, 0.2) is 16.6 Å². The van der Waals surface area contributed by atoms with Gasteiger partial charge in [0.05, 0.1) is 6.61 Å². The van der Waals surface area contributed by atoms with Gasteiger partial charge in [-0.05, 0) is 51.6 Å². The standard InChI is InChI=1S/C18H38O5Si2.CH4/c1-8-9-12-24(4,5)23-25(6,7)13-10-11-21-14-17(19)15-22-18(20)16(2)3;/h17,19H,2,8-15H2,1,3-7H3;1H4. The van der Waals surface area contributed by atoms with E-state index in [1.807, 2.05) is 0 Å². The van der Waals surface area contributed by atoms with Crippen molar-refractivity contribution in [3.05, 3.63) is 12.2 Å². The number of hydrogen-bond acceptors (Lipinski definition) is 5. The minimum atomic E-state index is -1.67. The first-order chi connectivity index (χ1) is 11.5. The Bertz CT molecular complexity index is 411. The Morgan fingerprint density at radius 2 is 1.62 bits per heavy atom. The number of rotatable bonds is 14. The molecule has 156 valence electrons. The van der Waals surface area contributed by atoms with E-state index >= 15 is 0 Å². The fourth-order valence-corrected chi connectivity index (χ4v) is 11.6. The second-order valence-corrected chi connectivity index (χ2v) is 16.8. The van der Waals surface area contributed by atoms with E-state index in [9.17, 15) is 9.90 Å². The predicted molar refractivity (Wildman–Crippen MR) is 115 cm³/mol. The molecule has 0 aromatic rings. The van der Waals surface area contributed by atoms with Crippen LogP contribution in [-0.4, -0.2) is 53.6 Å². The van der Waals surface area contributed by atoms with Crippen molar-refractivity contribution in [2.24, 2.45) is 0 Å². The molecule has 1 N–H and O–H groups in total. The molecule has 0 radical (unpaired) electrons. The molecule has 26 heavy (non-hydrogen) atoms. The molecule has 0 amide bonds. The van der Waals surface area contributed by atoms with E-state index in [1.165, 1.54) is 18.9 Å². The van der Waals surface area contributed by atoms with Crippen molar-refractivity contribution in [2.75, 3.05) is 19.8 Å². The quantitative estimate of drug-likeness (QED) is 0.195. The minimum absolute atomic E-state index is 0. The van der Waals surface area contributed by atoms with Gasteiger partial charge in [-0.2, -0.15) is 0 Å². The van der Waals surface area contributed by atoms with Crippen molar-refractivity contribution in [1.29, 1.82) is 0 Å². The summed E-state index contributed by atoms with van der Waals surface area (Å²) in [5.41, 5.74) is 0.325. The lowest BCUT2D eigenvalue weighted by Gasteiger charge is -2.34. The summed E-state index contributed by atoms with van der Waals surface area (Å²) in [6.07, 6.45) is 2.60. The molecule has 7 heteroatoms.